The van der Waals surface area contributed by atoms with Gasteiger partial charge in [-0.25, -0.2) is 0 Å². The van der Waals surface area contributed by atoms with Crippen LogP contribution in [0.25, 0.3) is 11.3 Å². The van der Waals surface area contributed by atoms with Crippen LogP contribution >= 0.6 is 0 Å². The number of H-pyrrole nitrogens is 1. The average Bonchev–Trinajstić information content (AvgIpc) is 3.19. The summed E-state index contributed by atoms with van der Waals surface area (Å²) in [6, 6.07) is 12.8. The van der Waals surface area contributed by atoms with Crippen LogP contribution in [-0.2, 0) is 12.7 Å². The summed E-state index contributed by atoms with van der Waals surface area (Å²) in [6.45, 7) is 4.66. The summed E-state index contributed by atoms with van der Waals surface area (Å²) in [5.74, 6) is 0.804. The maximum Gasteiger partial charge on any atom is 0.416 e. The van der Waals surface area contributed by atoms with Crippen molar-refractivity contribution < 1.29 is 17.9 Å². The van der Waals surface area contributed by atoms with Gasteiger partial charge in [0.15, 0.2) is 0 Å². The number of benzene rings is 2. The highest BCUT2D eigenvalue weighted by atomic mass is 19.4. The highest BCUT2D eigenvalue weighted by Crippen LogP contribution is 2.31. The van der Waals surface area contributed by atoms with Crippen molar-refractivity contribution in [2.45, 2.75) is 45.5 Å². The van der Waals surface area contributed by atoms with Gasteiger partial charge < -0.3 is 10.1 Å². The number of aromatic nitrogens is 2. The lowest BCUT2D eigenvalue weighted by molar-refractivity contribution is -0.137. The van der Waals surface area contributed by atoms with Crippen LogP contribution < -0.4 is 10.1 Å². The Morgan fingerprint density at radius 1 is 1.07 bits per heavy atom. The fraction of sp³-hybridized carbons (Fsp3) is 0.318. The standard InChI is InChI=1S/C22H24F3N3O/c1-3-19(4-2)29-20-7-5-6-18(12-20)26-13-16-14-27-28-21(16)15-8-10-17(11-9-15)22(23,24)25/h5-12,14,19,26H,3-4,13H2,1-2H3,(H,27,28). The molecule has 0 aliphatic carbocycles. The van der Waals surface area contributed by atoms with E-state index in [1.54, 1.807) is 6.20 Å². The topological polar surface area (TPSA) is 49.9 Å². The Morgan fingerprint density at radius 2 is 1.79 bits per heavy atom. The van der Waals surface area contributed by atoms with E-state index < -0.39 is 11.7 Å². The van der Waals surface area contributed by atoms with E-state index in [0.717, 1.165) is 42.0 Å². The molecule has 0 fully saturated rings. The zero-order chi connectivity index (χ0) is 20.9. The molecule has 1 aromatic heterocycles. The molecule has 0 spiro atoms. The summed E-state index contributed by atoms with van der Waals surface area (Å²) in [4.78, 5) is 0. The van der Waals surface area contributed by atoms with E-state index in [2.05, 4.69) is 29.4 Å². The summed E-state index contributed by atoms with van der Waals surface area (Å²) in [7, 11) is 0. The second-order valence-electron chi connectivity index (χ2n) is 6.78. The molecule has 0 saturated carbocycles. The van der Waals surface area contributed by atoms with Gasteiger partial charge in [0.25, 0.3) is 0 Å². The first-order valence-corrected chi connectivity index (χ1v) is 9.61. The molecule has 0 unspecified atom stereocenters. The Hall–Kier alpha value is -2.96. The molecule has 0 aliphatic heterocycles. The smallest absolute Gasteiger partial charge is 0.416 e. The monoisotopic (exact) mass is 403 g/mol. The largest absolute Gasteiger partial charge is 0.490 e. The molecule has 2 aromatic carbocycles. The number of nitrogens with one attached hydrogen (secondary N) is 2. The zero-order valence-electron chi connectivity index (χ0n) is 16.4. The van der Waals surface area contributed by atoms with Crippen LogP contribution in [0.1, 0.15) is 37.8 Å². The summed E-state index contributed by atoms with van der Waals surface area (Å²) >= 11 is 0. The average molecular weight is 403 g/mol. The summed E-state index contributed by atoms with van der Waals surface area (Å²) in [6.07, 6.45) is -0.604. The maximum atomic E-state index is 12.8. The lowest BCUT2D eigenvalue weighted by Crippen LogP contribution is -2.13. The van der Waals surface area contributed by atoms with Gasteiger partial charge >= 0.3 is 6.18 Å². The number of halogens is 3. The fourth-order valence-electron chi connectivity index (χ4n) is 3.05. The lowest BCUT2D eigenvalue weighted by atomic mass is 10.1. The number of hydrogen-bond donors (Lipinski definition) is 2. The minimum Gasteiger partial charge on any atom is -0.490 e. The van der Waals surface area contributed by atoms with Crippen molar-refractivity contribution in [3.8, 4) is 17.0 Å². The number of alkyl halides is 3. The normalized spacial score (nSPS) is 11.7. The first-order valence-electron chi connectivity index (χ1n) is 9.61. The van der Waals surface area contributed by atoms with Crippen molar-refractivity contribution in [3.05, 3.63) is 65.9 Å². The summed E-state index contributed by atoms with van der Waals surface area (Å²) in [5, 5.41) is 10.2. The zero-order valence-corrected chi connectivity index (χ0v) is 16.4. The van der Waals surface area contributed by atoms with Gasteiger partial charge in [-0.1, -0.05) is 32.0 Å². The van der Waals surface area contributed by atoms with E-state index in [9.17, 15) is 13.2 Å². The summed E-state index contributed by atoms with van der Waals surface area (Å²) in [5.41, 5.74) is 2.42. The molecule has 0 aliphatic rings. The molecule has 0 radical (unpaired) electrons. The molecule has 4 nitrogen and oxygen atoms in total. The van der Waals surface area contributed by atoms with Crippen LogP contribution in [0.4, 0.5) is 18.9 Å². The molecule has 3 aromatic rings. The van der Waals surface area contributed by atoms with E-state index >= 15 is 0 Å². The molecular weight excluding hydrogens is 379 g/mol. The SMILES string of the molecule is CCC(CC)Oc1cccc(NCc2cn[nH]c2-c2ccc(C(F)(F)F)cc2)c1. The van der Waals surface area contributed by atoms with Gasteiger partial charge in [-0.15, -0.1) is 0 Å². The number of nitrogens with zero attached hydrogens (tertiary/aromatic N) is 1. The second kappa shape index (κ2) is 9.03. The minimum atomic E-state index is -4.35. The highest BCUT2D eigenvalue weighted by molar-refractivity contribution is 5.63. The number of anilines is 1. The van der Waals surface area contributed by atoms with Crippen LogP contribution in [0.3, 0.4) is 0 Å². The number of rotatable bonds is 8. The van der Waals surface area contributed by atoms with Gasteiger partial charge in [0.1, 0.15) is 5.75 Å². The van der Waals surface area contributed by atoms with Gasteiger partial charge in [0.05, 0.1) is 23.6 Å². The number of hydrogen-bond acceptors (Lipinski definition) is 3. The number of ether oxygens (including phenoxy) is 1. The first-order chi connectivity index (χ1) is 13.9. The van der Waals surface area contributed by atoms with E-state index in [4.69, 9.17) is 4.74 Å². The Labute approximate surface area is 168 Å². The third-order valence-corrected chi connectivity index (χ3v) is 4.75. The molecule has 0 saturated heterocycles. The Bertz CT molecular complexity index is 916. The van der Waals surface area contributed by atoms with Crippen molar-refractivity contribution >= 4 is 5.69 Å². The van der Waals surface area contributed by atoms with E-state index in [-0.39, 0.29) is 6.10 Å². The van der Waals surface area contributed by atoms with Crippen LogP contribution in [-0.4, -0.2) is 16.3 Å². The molecule has 7 heteroatoms. The van der Waals surface area contributed by atoms with Crippen molar-refractivity contribution in [2.75, 3.05) is 5.32 Å². The quantitative estimate of drug-likeness (QED) is 0.466. The molecule has 29 heavy (non-hydrogen) atoms. The van der Waals surface area contributed by atoms with Crippen LogP contribution in [0.5, 0.6) is 5.75 Å². The maximum absolute atomic E-state index is 12.8. The highest BCUT2D eigenvalue weighted by Gasteiger charge is 2.30. The van der Waals surface area contributed by atoms with Gasteiger partial charge in [0.2, 0.25) is 0 Å². The Balaban J connectivity index is 1.70. The van der Waals surface area contributed by atoms with Crippen molar-refractivity contribution in [2.24, 2.45) is 0 Å². The molecule has 0 atom stereocenters. The second-order valence-corrected chi connectivity index (χ2v) is 6.78. The van der Waals surface area contributed by atoms with Gasteiger partial charge in [-0.3, -0.25) is 5.10 Å². The molecule has 2 N–H and O–H groups in total. The van der Waals surface area contributed by atoms with Crippen LogP contribution in [0.15, 0.2) is 54.7 Å². The summed E-state index contributed by atoms with van der Waals surface area (Å²) < 4.78 is 44.3. The molecule has 0 bridgehead atoms. The Kier molecular flexibility index (Phi) is 6.46. The van der Waals surface area contributed by atoms with Gasteiger partial charge in [0, 0.05) is 23.9 Å². The third-order valence-electron chi connectivity index (χ3n) is 4.75. The Morgan fingerprint density at radius 3 is 2.45 bits per heavy atom. The van der Waals surface area contributed by atoms with E-state index in [0.29, 0.717) is 17.8 Å². The van der Waals surface area contributed by atoms with E-state index in [1.165, 1.54) is 12.1 Å². The minimum absolute atomic E-state index is 0.186. The third kappa shape index (κ3) is 5.31. The first kappa shape index (κ1) is 20.8. The predicted molar refractivity (Wildman–Crippen MR) is 108 cm³/mol. The van der Waals surface area contributed by atoms with E-state index in [1.807, 2.05) is 24.3 Å². The molecule has 0 amide bonds. The predicted octanol–water partition coefficient (Wildman–Crippen LogP) is 6.28. The van der Waals surface area contributed by atoms with Gasteiger partial charge in [-0.05, 0) is 42.7 Å². The van der Waals surface area contributed by atoms with Crippen molar-refractivity contribution in [1.82, 2.24) is 10.2 Å². The van der Waals surface area contributed by atoms with Crippen molar-refractivity contribution in [3.63, 3.8) is 0 Å². The van der Waals surface area contributed by atoms with Gasteiger partial charge in [-0.2, -0.15) is 18.3 Å². The lowest BCUT2D eigenvalue weighted by Gasteiger charge is -2.16. The molecular formula is C22H24F3N3O. The number of aromatic amines is 1. The van der Waals surface area contributed by atoms with Crippen molar-refractivity contribution in [1.29, 1.82) is 0 Å². The molecule has 3 rings (SSSR count). The molecule has 154 valence electrons. The van der Waals surface area contributed by atoms with Crippen LogP contribution in [0, 0.1) is 0 Å². The molecule has 1 heterocycles. The van der Waals surface area contributed by atoms with Crippen LogP contribution in [0.2, 0.25) is 0 Å². The fourth-order valence-corrected chi connectivity index (χ4v) is 3.05.